The van der Waals surface area contributed by atoms with Crippen molar-refractivity contribution in [3.05, 3.63) is 99.0 Å². The molecule has 5 rings (SSSR count). The van der Waals surface area contributed by atoms with Crippen LogP contribution in [0.3, 0.4) is 0 Å². The second-order valence-corrected chi connectivity index (χ2v) is 8.94. The van der Waals surface area contributed by atoms with Crippen LogP contribution in [0.15, 0.2) is 66.7 Å². The highest BCUT2D eigenvalue weighted by atomic mass is 35.5. The van der Waals surface area contributed by atoms with Crippen LogP contribution >= 0.6 is 23.2 Å². The van der Waals surface area contributed by atoms with E-state index in [0.29, 0.717) is 26.9 Å². The molecule has 3 atom stereocenters. The minimum absolute atomic E-state index is 0.115. The quantitative estimate of drug-likeness (QED) is 0.556. The molecule has 5 nitrogen and oxygen atoms in total. The number of rotatable bonds is 2. The number of hydrogen-bond donors (Lipinski definition) is 2. The van der Waals surface area contributed by atoms with Crippen LogP contribution in [0.1, 0.15) is 40.6 Å². The van der Waals surface area contributed by atoms with Crippen LogP contribution < -0.4 is 10.6 Å². The summed E-state index contributed by atoms with van der Waals surface area (Å²) in [5.41, 5.74) is 2.16. The Morgan fingerprint density at radius 1 is 0.938 bits per heavy atom. The maximum absolute atomic E-state index is 13.8. The van der Waals surface area contributed by atoms with Crippen molar-refractivity contribution >= 4 is 40.7 Å². The molecule has 1 saturated heterocycles. The third-order valence-corrected chi connectivity index (χ3v) is 6.82. The molecule has 1 fully saturated rings. The molecule has 3 aromatic carbocycles. The largest absolute Gasteiger partial charge is 0.348 e. The maximum Gasteiger partial charge on any atom is 0.238 e. The number of nitriles is 1. The molecule has 2 N–H and O–H groups in total. The standard InChI is InChI=1S/C25H17Cl2N3O2/c26-17-6-2-4-15(10-17)20-12-22(31)30-23(16-5-1-3-14(9-16)13-28)25(20)19-8-7-18(27)11-21(19)29-24(25)32/h1-11,20,23H,12H2,(H,29,32)(H,30,31). The summed E-state index contributed by atoms with van der Waals surface area (Å²) >= 11 is 12.5. The van der Waals surface area contributed by atoms with E-state index >= 15 is 0 Å². The van der Waals surface area contributed by atoms with Gasteiger partial charge in [-0.05, 0) is 53.1 Å². The van der Waals surface area contributed by atoms with Gasteiger partial charge in [-0.15, -0.1) is 0 Å². The van der Waals surface area contributed by atoms with Gasteiger partial charge >= 0.3 is 0 Å². The minimum Gasteiger partial charge on any atom is -0.348 e. The summed E-state index contributed by atoms with van der Waals surface area (Å²) in [5, 5.41) is 16.5. The van der Waals surface area contributed by atoms with Crippen LogP contribution in [-0.2, 0) is 15.0 Å². The number of carbonyl (C=O) groups excluding carboxylic acids is 2. The number of fused-ring (bicyclic) bond motifs is 2. The van der Waals surface area contributed by atoms with Gasteiger partial charge in [-0.1, -0.05) is 53.5 Å². The van der Waals surface area contributed by atoms with Crippen LogP contribution in [0.5, 0.6) is 0 Å². The first-order chi connectivity index (χ1) is 15.4. The fourth-order valence-electron chi connectivity index (χ4n) is 5.08. The van der Waals surface area contributed by atoms with Gasteiger partial charge in [0, 0.05) is 28.1 Å². The lowest BCUT2D eigenvalue weighted by Crippen LogP contribution is -2.56. The Bertz CT molecular complexity index is 1320. The third kappa shape index (κ3) is 3.07. The Labute approximate surface area is 195 Å². The summed E-state index contributed by atoms with van der Waals surface area (Å²) in [6.07, 6.45) is 0.115. The van der Waals surface area contributed by atoms with E-state index in [4.69, 9.17) is 23.2 Å². The first-order valence-corrected chi connectivity index (χ1v) is 10.9. The van der Waals surface area contributed by atoms with E-state index in [2.05, 4.69) is 16.7 Å². The lowest BCUT2D eigenvalue weighted by molar-refractivity contribution is -0.131. The average Bonchev–Trinajstić information content (AvgIpc) is 3.06. The molecule has 2 heterocycles. The van der Waals surface area contributed by atoms with Crippen LogP contribution in [0.2, 0.25) is 10.0 Å². The topological polar surface area (TPSA) is 82.0 Å². The molecule has 3 aromatic rings. The third-order valence-electron chi connectivity index (χ3n) is 6.35. The van der Waals surface area contributed by atoms with Gasteiger partial charge in [0.15, 0.2) is 0 Å². The van der Waals surface area contributed by atoms with Crippen LogP contribution in [0.25, 0.3) is 0 Å². The smallest absolute Gasteiger partial charge is 0.238 e. The number of nitrogens with one attached hydrogen (secondary N) is 2. The van der Waals surface area contributed by atoms with Crippen molar-refractivity contribution in [3.8, 4) is 6.07 Å². The first-order valence-electron chi connectivity index (χ1n) is 10.1. The zero-order valence-electron chi connectivity index (χ0n) is 16.7. The molecule has 2 aliphatic rings. The van der Waals surface area contributed by atoms with Gasteiger partial charge in [0.1, 0.15) is 5.41 Å². The number of halogens is 2. The molecular formula is C25H17Cl2N3O2. The summed E-state index contributed by atoms with van der Waals surface area (Å²) in [6.45, 7) is 0. The molecule has 2 amide bonds. The van der Waals surface area contributed by atoms with Gasteiger partial charge in [-0.3, -0.25) is 9.59 Å². The number of nitrogens with zero attached hydrogens (tertiary/aromatic N) is 1. The van der Waals surface area contributed by atoms with E-state index < -0.39 is 17.4 Å². The Morgan fingerprint density at radius 3 is 2.47 bits per heavy atom. The predicted octanol–water partition coefficient (Wildman–Crippen LogP) is 5.10. The molecule has 0 aromatic heterocycles. The van der Waals surface area contributed by atoms with E-state index in [1.165, 1.54) is 0 Å². The monoisotopic (exact) mass is 461 g/mol. The number of hydrogen-bond acceptors (Lipinski definition) is 3. The van der Waals surface area contributed by atoms with Crippen molar-refractivity contribution in [2.75, 3.05) is 5.32 Å². The van der Waals surface area contributed by atoms with Crippen molar-refractivity contribution in [2.45, 2.75) is 23.8 Å². The highest BCUT2D eigenvalue weighted by molar-refractivity contribution is 6.31. The van der Waals surface area contributed by atoms with Gasteiger partial charge < -0.3 is 10.6 Å². The number of carbonyl (C=O) groups is 2. The van der Waals surface area contributed by atoms with Crippen LogP contribution in [0.4, 0.5) is 5.69 Å². The molecule has 1 spiro atoms. The first kappa shape index (κ1) is 20.6. The van der Waals surface area contributed by atoms with Gasteiger partial charge in [-0.25, -0.2) is 0 Å². The predicted molar refractivity (Wildman–Crippen MR) is 123 cm³/mol. The van der Waals surface area contributed by atoms with Gasteiger partial charge in [0.05, 0.1) is 17.7 Å². The fourth-order valence-corrected chi connectivity index (χ4v) is 5.45. The van der Waals surface area contributed by atoms with Gasteiger partial charge in [0.2, 0.25) is 11.8 Å². The molecule has 0 bridgehead atoms. The Balaban J connectivity index is 1.81. The van der Waals surface area contributed by atoms with Crippen LogP contribution in [-0.4, -0.2) is 11.8 Å². The minimum atomic E-state index is -1.15. The molecule has 0 aliphatic carbocycles. The summed E-state index contributed by atoms with van der Waals surface area (Å²) in [6, 6.07) is 21.0. The molecule has 2 aliphatic heterocycles. The maximum atomic E-state index is 13.8. The van der Waals surface area contributed by atoms with E-state index in [9.17, 15) is 14.9 Å². The summed E-state index contributed by atoms with van der Waals surface area (Å²) in [5.74, 6) is -0.886. The van der Waals surface area contributed by atoms with E-state index in [-0.39, 0.29) is 18.2 Å². The average molecular weight is 462 g/mol. The highest BCUT2D eigenvalue weighted by Crippen LogP contribution is 2.57. The Morgan fingerprint density at radius 2 is 1.69 bits per heavy atom. The number of piperidine rings is 1. The van der Waals surface area contributed by atoms with Crippen molar-refractivity contribution in [3.63, 3.8) is 0 Å². The molecule has 32 heavy (non-hydrogen) atoms. The normalized spacial score (nSPS) is 23.9. The molecule has 0 saturated carbocycles. The number of benzene rings is 3. The van der Waals surface area contributed by atoms with Crippen molar-refractivity contribution < 1.29 is 9.59 Å². The molecule has 7 heteroatoms. The zero-order chi connectivity index (χ0) is 22.5. The van der Waals surface area contributed by atoms with E-state index in [0.717, 1.165) is 11.1 Å². The molecule has 158 valence electrons. The van der Waals surface area contributed by atoms with Gasteiger partial charge in [-0.2, -0.15) is 5.26 Å². The summed E-state index contributed by atoms with van der Waals surface area (Å²) < 4.78 is 0. The van der Waals surface area contributed by atoms with Gasteiger partial charge in [0.25, 0.3) is 0 Å². The Hall–Kier alpha value is -3.33. The second-order valence-electron chi connectivity index (χ2n) is 8.06. The van der Waals surface area contributed by atoms with Crippen molar-refractivity contribution in [1.82, 2.24) is 5.32 Å². The highest BCUT2D eigenvalue weighted by Gasteiger charge is 2.61. The summed E-state index contributed by atoms with van der Waals surface area (Å²) in [4.78, 5) is 26.8. The van der Waals surface area contributed by atoms with Crippen LogP contribution in [0, 0.1) is 11.3 Å². The Kier molecular flexibility index (Phi) is 4.93. The molecule has 3 unspecified atom stereocenters. The van der Waals surface area contributed by atoms with E-state index in [1.54, 1.807) is 42.5 Å². The number of amides is 2. The lowest BCUT2D eigenvalue weighted by atomic mass is 9.59. The van der Waals surface area contributed by atoms with Crippen molar-refractivity contribution in [2.24, 2.45) is 0 Å². The summed E-state index contributed by atoms with van der Waals surface area (Å²) in [7, 11) is 0. The lowest BCUT2D eigenvalue weighted by Gasteiger charge is -2.46. The molecule has 0 radical (unpaired) electrons. The number of anilines is 1. The fraction of sp³-hybridized carbons (Fsp3) is 0.160. The van der Waals surface area contributed by atoms with E-state index in [1.807, 2.05) is 24.3 Å². The zero-order valence-corrected chi connectivity index (χ0v) is 18.2. The van der Waals surface area contributed by atoms with Crippen molar-refractivity contribution in [1.29, 1.82) is 5.26 Å². The second kappa shape index (κ2) is 7.67. The SMILES string of the molecule is N#Cc1cccc(C2NC(=O)CC(c3cccc(Cl)c3)C23C(=O)Nc2cc(Cl)ccc23)c1. The molecular weight excluding hydrogens is 445 g/mol.